The number of amides is 2. The molecule has 0 radical (unpaired) electrons. The van der Waals surface area contributed by atoms with Crippen LogP contribution in [0.4, 0.5) is 5.69 Å². The lowest BCUT2D eigenvalue weighted by Crippen LogP contribution is -2.40. The molecule has 6 heteroatoms. The molecule has 2 aliphatic rings. The highest BCUT2D eigenvalue weighted by Gasteiger charge is 2.30. The molecule has 0 unspecified atom stereocenters. The molecule has 28 heavy (non-hydrogen) atoms. The zero-order valence-electron chi connectivity index (χ0n) is 16.0. The van der Waals surface area contributed by atoms with E-state index in [0.717, 1.165) is 22.0 Å². The Hall–Kier alpha value is -2.89. The third kappa shape index (κ3) is 3.23. The van der Waals surface area contributed by atoms with Gasteiger partial charge in [0.05, 0.1) is 18.7 Å². The first-order chi connectivity index (χ1) is 13.6. The number of piperidine rings is 1. The second kappa shape index (κ2) is 7.62. The zero-order valence-corrected chi connectivity index (χ0v) is 16.0. The van der Waals surface area contributed by atoms with Crippen molar-refractivity contribution < 1.29 is 19.1 Å². The molecule has 146 valence electrons. The molecule has 0 bridgehead atoms. The summed E-state index contributed by atoms with van der Waals surface area (Å²) in [7, 11) is 1.40. The monoisotopic (exact) mass is 380 g/mol. The molecular weight excluding hydrogens is 356 g/mol. The number of carbonyl (C=O) groups excluding carboxylic acids is 3. The maximum absolute atomic E-state index is 12.8. The largest absolute Gasteiger partial charge is 0.469 e. The lowest BCUT2D eigenvalue weighted by Gasteiger charge is -2.31. The van der Waals surface area contributed by atoms with Gasteiger partial charge in [0.15, 0.2) is 0 Å². The zero-order chi connectivity index (χ0) is 19.7. The van der Waals surface area contributed by atoms with Crippen LogP contribution in [0.25, 0.3) is 10.8 Å². The van der Waals surface area contributed by atoms with Crippen LogP contribution < -0.4 is 4.90 Å². The molecule has 2 heterocycles. The van der Waals surface area contributed by atoms with E-state index in [2.05, 4.69) is 0 Å². The summed E-state index contributed by atoms with van der Waals surface area (Å²) < 4.78 is 4.79. The van der Waals surface area contributed by atoms with E-state index in [0.29, 0.717) is 45.3 Å². The maximum Gasteiger partial charge on any atom is 0.308 e. The summed E-state index contributed by atoms with van der Waals surface area (Å²) in [5.41, 5.74) is 1.67. The van der Waals surface area contributed by atoms with Gasteiger partial charge in [-0.1, -0.05) is 24.3 Å². The van der Waals surface area contributed by atoms with Crippen molar-refractivity contribution in [2.75, 3.05) is 31.6 Å². The van der Waals surface area contributed by atoms with Gasteiger partial charge in [0.25, 0.3) is 5.91 Å². The highest BCUT2D eigenvalue weighted by atomic mass is 16.5. The SMILES string of the molecule is COC(=O)C1CCN(C(=O)CCCN2C(=O)c3cccc4cccc2c34)CC1. The van der Waals surface area contributed by atoms with Crippen LogP contribution >= 0.6 is 0 Å². The van der Waals surface area contributed by atoms with Gasteiger partial charge >= 0.3 is 5.97 Å². The molecule has 0 aromatic heterocycles. The molecular formula is C22H24N2O4. The van der Waals surface area contributed by atoms with Gasteiger partial charge in [-0.15, -0.1) is 0 Å². The summed E-state index contributed by atoms with van der Waals surface area (Å²) in [6, 6.07) is 11.7. The average molecular weight is 380 g/mol. The average Bonchev–Trinajstić information content (AvgIpc) is 3.01. The predicted molar refractivity (Wildman–Crippen MR) is 106 cm³/mol. The van der Waals surface area contributed by atoms with Crippen LogP contribution in [-0.2, 0) is 14.3 Å². The normalized spacial score (nSPS) is 16.7. The van der Waals surface area contributed by atoms with E-state index in [-0.39, 0.29) is 23.7 Å². The Morgan fingerprint density at radius 3 is 2.54 bits per heavy atom. The molecule has 1 fully saturated rings. The summed E-state index contributed by atoms with van der Waals surface area (Å²) in [5.74, 6) is -0.188. The Morgan fingerprint density at radius 2 is 1.82 bits per heavy atom. The molecule has 2 amide bonds. The lowest BCUT2D eigenvalue weighted by atomic mass is 9.97. The molecule has 6 nitrogen and oxygen atoms in total. The van der Waals surface area contributed by atoms with Crippen molar-refractivity contribution in [2.24, 2.45) is 5.92 Å². The molecule has 1 saturated heterocycles. The van der Waals surface area contributed by atoms with E-state index in [1.807, 2.05) is 41.3 Å². The Bertz CT molecular complexity index is 926. The molecule has 2 aromatic carbocycles. The molecule has 2 aromatic rings. The molecule has 0 atom stereocenters. The first kappa shape index (κ1) is 18.5. The Kier molecular flexibility index (Phi) is 5.03. The fraction of sp³-hybridized carbons (Fsp3) is 0.409. The van der Waals surface area contributed by atoms with Crippen LogP contribution in [0.3, 0.4) is 0 Å². The van der Waals surface area contributed by atoms with Gasteiger partial charge in [-0.2, -0.15) is 0 Å². The fourth-order valence-electron chi connectivity index (χ4n) is 4.28. The van der Waals surface area contributed by atoms with Crippen molar-refractivity contribution >= 4 is 34.2 Å². The summed E-state index contributed by atoms with van der Waals surface area (Å²) in [4.78, 5) is 40.5. The number of likely N-dealkylation sites (tertiary alicyclic amines) is 1. The minimum absolute atomic E-state index is 0.0122. The number of methoxy groups -OCH3 is 1. The fourth-order valence-corrected chi connectivity index (χ4v) is 4.28. The van der Waals surface area contributed by atoms with Gasteiger partial charge in [-0.3, -0.25) is 14.4 Å². The molecule has 2 aliphatic heterocycles. The van der Waals surface area contributed by atoms with Crippen LogP contribution in [0.1, 0.15) is 36.0 Å². The number of ether oxygens (including phenoxy) is 1. The number of carbonyl (C=O) groups is 3. The summed E-state index contributed by atoms with van der Waals surface area (Å²) in [6.45, 7) is 1.70. The minimum atomic E-state index is -0.187. The van der Waals surface area contributed by atoms with Crippen molar-refractivity contribution in [1.82, 2.24) is 4.90 Å². The molecule has 4 rings (SSSR count). The van der Waals surface area contributed by atoms with Gasteiger partial charge in [0, 0.05) is 37.0 Å². The van der Waals surface area contributed by atoms with Crippen LogP contribution in [0.15, 0.2) is 36.4 Å². The van der Waals surface area contributed by atoms with Crippen LogP contribution in [0.2, 0.25) is 0 Å². The molecule has 0 saturated carbocycles. The third-order valence-electron chi connectivity index (χ3n) is 5.80. The quantitative estimate of drug-likeness (QED) is 0.748. The van der Waals surface area contributed by atoms with Crippen LogP contribution in [0.5, 0.6) is 0 Å². The maximum atomic E-state index is 12.8. The standard InChI is InChI=1S/C22H24N2O4/c1-28-22(27)16-10-13-23(14-11-16)19(25)9-4-12-24-18-8-3-6-15-5-2-7-17(20(15)18)21(24)26/h2-3,5-8,16H,4,9-14H2,1H3. The van der Waals surface area contributed by atoms with Crippen molar-refractivity contribution in [2.45, 2.75) is 25.7 Å². The molecule has 0 N–H and O–H groups in total. The van der Waals surface area contributed by atoms with Crippen molar-refractivity contribution in [3.63, 3.8) is 0 Å². The van der Waals surface area contributed by atoms with E-state index < -0.39 is 0 Å². The van der Waals surface area contributed by atoms with E-state index in [4.69, 9.17) is 4.74 Å². The van der Waals surface area contributed by atoms with Gasteiger partial charge in [0.1, 0.15) is 0 Å². The van der Waals surface area contributed by atoms with Gasteiger partial charge in [-0.25, -0.2) is 0 Å². The Labute approximate surface area is 164 Å². The van der Waals surface area contributed by atoms with E-state index in [1.54, 1.807) is 4.90 Å². The first-order valence-electron chi connectivity index (χ1n) is 9.79. The van der Waals surface area contributed by atoms with E-state index in [1.165, 1.54) is 7.11 Å². The van der Waals surface area contributed by atoms with Gasteiger partial charge in [-0.05, 0) is 36.8 Å². The highest BCUT2D eigenvalue weighted by molar-refractivity contribution is 6.25. The lowest BCUT2D eigenvalue weighted by molar-refractivity contribution is -0.148. The number of anilines is 1. The minimum Gasteiger partial charge on any atom is -0.469 e. The Morgan fingerprint density at radius 1 is 1.11 bits per heavy atom. The summed E-state index contributed by atoms with van der Waals surface area (Å²) in [6.07, 6.45) is 2.32. The smallest absolute Gasteiger partial charge is 0.308 e. The van der Waals surface area contributed by atoms with Gasteiger partial charge < -0.3 is 14.5 Å². The predicted octanol–water partition coefficient (Wildman–Crippen LogP) is 2.99. The van der Waals surface area contributed by atoms with Crippen molar-refractivity contribution in [3.8, 4) is 0 Å². The number of hydrogen-bond donors (Lipinski definition) is 0. The third-order valence-corrected chi connectivity index (χ3v) is 5.80. The van der Waals surface area contributed by atoms with Crippen molar-refractivity contribution in [1.29, 1.82) is 0 Å². The van der Waals surface area contributed by atoms with Crippen LogP contribution in [-0.4, -0.2) is 49.4 Å². The summed E-state index contributed by atoms with van der Waals surface area (Å²) >= 11 is 0. The number of rotatable bonds is 5. The second-order valence-electron chi connectivity index (χ2n) is 7.42. The van der Waals surface area contributed by atoms with Gasteiger partial charge in [0.2, 0.25) is 5.91 Å². The van der Waals surface area contributed by atoms with Crippen LogP contribution in [0, 0.1) is 5.92 Å². The first-order valence-corrected chi connectivity index (χ1v) is 9.79. The van der Waals surface area contributed by atoms with E-state index >= 15 is 0 Å². The molecule has 0 spiro atoms. The summed E-state index contributed by atoms with van der Waals surface area (Å²) in [5, 5.41) is 2.07. The highest BCUT2D eigenvalue weighted by Crippen LogP contribution is 2.37. The number of esters is 1. The Balaban J connectivity index is 1.33. The second-order valence-corrected chi connectivity index (χ2v) is 7.42. The molecule has 0 aliphatic carbocycles. The van der Waals surface area contributed by atoms with Crippen molar-refractivity contribution in [3.05, 3.63) is 42.0 Å². The van der Waals surface area contributed by atoms with E-state index in [9.17, 15) is 14.4 Å². The number of hydrogen-bond acceptors (Lipinski definition) is 4. The number of nitrogens with zero attached hydrogens (tertiary/aromatic N) is 2. The topological polar surface area (TPSA) is 66.9 Å². The number of benzene rings is 2.